The van der Waals surface area contributed by atoms with Crippen molar-refractivity contribution in [2.24, 2.45) is 14.1 Å². The molecule has 278 valence electrons. The molecule has 0 unspecified atom stereocenters. The average molecular weight is 713 g/mol. The van der Waals surface area contributed by atoms with E-state index in [9.17, 15) is 0 Å². The van der Waals surface area contributed by atoms with Crippen molar-refractivity contribution < 1.29 is 0 Å². The number of unbranched alkanes of at least 4 members (excludes halogenated alkanes) is 10. The first-order chi connectivity index (χ1) is 26.5. The van der Waals surface area contributed by atoms with Gasteiger partial charge in [-0.1, -0.05) is 175 Å². The summed E-state index contributed by atoms with van der Waals surface area (Å²) in [7, 11) is 4.42. The maximum atomic E-state index is 2.40. The molecule has 7 aromatic rings. The SMILES string of the molecule is CCCCCCCCc1ccc(/C=C/c2ccc3c4cc5c(cc4n(C)c3c2)c2ccc(/C=C/c3ccc(CCCCCCCC)cc3)cc2n5C)cc1. The second-order valence-electron chi connectivity index (χ2n) is 15.7. The second kappa shape index (κ2) is 18.0. The van der Waals surface area contributed by atoms with Gasteiger partial charge in [0, 0.05) is 57.7 Å². The molecule has 0 atom stereocenters. The highest BCUT2D eigenvalue weighted by Gasteiger charge is 2.15. The van der Waals surface area contributed by atoms with E-state index in [0.717, 1.165) is 0 Å². The van der Waals surface area contributed by atoms with Gasteiger partial charge >= 0.3 is 0 Å². The average Bonchev–Trinajstić information content (AvgIpc) is 3.64. The second-order valence-corrected chi connectivity index (χ2v) is 15.7. The van der Waals surface area contributed by atoms with E-state index in [1.165, 1.54) is 167 Å². The Labute approximate surface area is 324 Å². The summed E-state index contributed by atoms with van der Waals surface area (Å²) >= 11 is 0. The minimum atomic E-state index is 1.19. The van der Waals surface area contributed by atoms with Crippen molar-refractivity contribution in [3.8, 4) is 0 Å². The van der Waals surface area contributed by atoms with Crippen molar-refractivity contribution >= 4 is 67.9 Å². The van der Waals surface area contributed by atoms with Crippen LogP contribution in [0.15, 0.2) is 97.1 Å². The molecule has 0 spiro atoms. The topological polar surface area (TPSA) is 9.86 Å². The van der Waals surface area contributed by atoms with Gasteiger partial charge in [0.15, 0.2) is 0 Å². The summed E-state index contributed by atoms with van der Waals surface area (Å²) in [6.07, 6.45) is 27.5. The highest BCUT2D eigenvalue weighted by Crippen LogP contribution is 2.37. The molecule has 0 amide bonds. The van der Waals surface area contributed by atoms with Crippen LogP contribution in [0.25, 0.3) is 67.9 Å². The minimum absolute atomic E-state index is 1.19. The lowest BCUT2D eigenvalue weighted by Gasteiger charge is -2.03. The Morgan fingerprint density at radius 3 is 1.09 bits per heavy atom. The maximum absolute atomic E-state index is 2.40. The minimum Gasteiger partial charge on any atom is -0.344 e. The molecule has 2 nitrogen and oxygen atoms in total. The van der Waals surface area contributed by atoms with Crippen LogP contribution in [0.5, 0.6) is 0 Å². The predicted octanol–water partition coefficient (Wildman–Crippen LogP) is 15.1. The summed E-state index contributed by atoms with van der Waals surface area (Å²) in [6.45, 7) is 4.57. The van der Waals surface area contributed by atoms with Crippen molar-refractivity contribution in [1.29, 1.82) is 0 Å². The molecule has 0 saturated heterocycles. The number of aromatic nitrogens is 2. The van der Waals surface area contributed by atoms with Gasteiger partial charge in [0.25, 0.3) is 0 Å². The number of rotatable bonds is 18. The Balaban J connectivity index is 1.04. The van der Waals surface area contributed by atoms with E-state index >= 15 is 0 Å². The zero-order valence-electron chi connectivity index (χ0n) is 33.3. The summed E-state index contributed by atoms with van der Waals surface area (Å²) in [5.74, 6) is 0. The van der Waals surface area contributed by atoms with E-state index in [1.54, 1.807) is 0 Å². The molecular formula is C52H60N2. The number of aryl methyl sites for hydroxylation is 4. The largest absolute Gasteiger partial charge is 0.344 e. The first-order valence-electron chi connectivity index (χ1n) is 21.0. The molecule has 0 fully saturated rings. The molecule has 54 heavy (non-hydrogen) atoms. The third-order valence-corrected chi connectivity index (χ3v) is 11.7. The van der Waals surface area contributed by atoms with E-state index in [4.69, 9.17) is 0 Å². The van der Waals surface area contributed by atoms with E-state index in [1.807, 2.05) is 0 Å². The number of benzene rings is 5. The van der Waals surface area contributed by atoms with E-state index in [-0.39, 0.29) is 0 Å². The van der Waals surface area contributed by atoms with Crippen molar-refractivity contribution in [2.45, 2.75) is 104 Å². The molecule has 0 aliphatic rings. The molecule has 2 heteroatoms. The lowest BCUT2D eigenvalue weighted by atomic mass is 10.0. The fourth-order valence-corrected chi connectivity index (χ4v) is 8.33. The van der Waals surface area contributed by atoms with Crippen molar-refractivity contribution in [3.05, 3.63) is 130 Å². The van der Waals surface area contributed by atoms with Gasteiger partial charge in [-0.25, -0.2) is 0 Å². The van der Waals surface area contributed by atoms with Crippen LogP contribution >= 0.6 is 0 Å². The first kappa shape index (κ1) is 37.5. The van der Waals surface area contributed by atoms with Crippen molar-refractivity contribution in [3.63, 3.8) is 0 Å². The Morgan fingerprint density at radius 1 is 0.352 bits per heavy atom. The van der Waals surface area contributed by atoms with Crippen molar-refractivity contribution in [2.75, 3.05) is 0 Å². The van der Waals surface area contributed by atoms with Gasteiger partial charge in [-0.05, 0) is 83.3 Å². The zero-order chi connectivity index (χ0) is 37.3. The number of nitrogens with zero attached hydrogens (tertiary/aromatic N) is 2. The molecule has 7 rings (SSSR count). The molecule has 0 N–H and O–H groups in total. The molecule has 0 saturated carbocycles. The van der Waals surface area contributed by atoms with Gasteiger partial charge in [-0.3, -0.25) is 0 Å². The van der Waals surface area contributed by atoms with Crippen LogP contribution in [-0.4, -0.2) is 9.13 Å². The van der Waals surface area contributed by atoms with Gasteiger partial charge in [0.05, 0.1) is 0 Å². The van der Waals surface area contributed by atoms with Crippen LogP contribution < -0.4 is 0 Å². The third-order valence-electron chi connectivity index (χ3n) is 11.7. The number of hydrogen-bond donors (Lipinski definition) is 0. The molecule has 2 heterocycles. The van der Waals surface area contributed by atoms with Crippen molar-refractivity contribution in [1.82, 2.24) is 9.13 Å². The van der Waals surface area contributed by atoms with E-state index < -0.39 is 0 Å². The molecule has 0 aliphatic heterocycles. The zero-order valence-corrected chi connectivity index (χ0v) is 33.3. The highest BCUT2D eigenvalue weighted by atomic mass is 15.0. The fraction of sp³-hybridized carbons (Fsp3) is 0.346. The van der Waals surface area contributed by atoms with E-state index in [2.05, 4.69) is 158 Å². The van der Waals surface area contributed by atoms with Crippen LogP contribution in [-0.2, 0) is 26.9 Å². The van der Waals surface area contributed by atoms with Gasteiger partial charge in [0.1, 0.15) is 0 Å². The Hall–Kier alpha value is -4.82. The van der Waals surface area contributed by atoms with Crippen LogP contribution in [0.3, 0.4) is 0 Å². The van der Waals surface area contributed by atoms with Crippen LogP contribution in [0.4, 0.5) is 0 Å². The fourth-order valence-electron chi connectivity index (χ4n) is 8.33. The summed E-state index contributed by atoms with van der Waals surface area (Å²) in [6, 6.07) is 36.9. The lowest BCUT2D eigenvalue weighted by molar-refractivity contribution is 0.607. The summed E-state index contributed by atoms with van der Waals surface area (Å²) in [5, 5.41) is 5.22. The normalized spacial score (nSPS) is 12.2. The lowest BCUT2D eigenvalue weighted by Crippen LogP contribution is -1.88. The summed E-state index contributed by atoms with van der Waals surface area (Å²) < 4.78 is 4.74. The Bertz CT molecular complexity index is 2190. The Kier molecular flexibility index (Phi) is 12.5. The maximum Gasteiger partial charge on any atom is 0.0496 e. The van der Waals surface area contributed by atoms with Gasteiger partial charge in [0.2, 0.25) is 0 Å². The molecule has 0 radical (unpaired) electrons. The van der Waals surface area contributed by atoms with Crippen LogP contribution in [0, 0.1) is 0 Å². The standard InChI is InChI=1S/C52H60N2/c1-5-7-9-11-13-15-17-39-19-23-41(24-20-39)27-29-43-31-33-45-47-37-52-48(38-51(47)53(3)49(45)35-43)46-34-32-44(36-50(46)54(52)4)30-28-42-25-21-40(22-26-42)18-16-14-12-10-8-6-2/h19-38H,5-18H2,1-4H3/b29-27+,30-28+. The quantitative estimate of drug-likeness (QED) is 0.0619. The van der Waals surface area contributed by atoms with Crippen LogP contribution in [0.2, 0.25) is 0 Å². The Morgan fingerprint density at radius 2 is 0.685 bits per heavy atom. The molecule has 0 bridgehead atoms. The predicted molar refractivity (Wildman–Crippen MR) is 239 cm³/mol. The molecule has 0 aliphatic carbocycles. The monoisotopic (exact) mass is 712 g/mol. The molecule has 5 aromatic carbocycles. The third kappa shape index (κ3) is 8.76. The summed E-state index contributed by atoms with van der Waals surface area (Å²) in [5.41, 5.74) is 12.9. The molecular weight excluding hydrogens is 653 g/mol. The summed E-state index contributed by atoms with van der Waals surface area (Å²) in [4.78, 5) is 0. The van der Waals surface area contributed by atoms with Crippen LogP contribution in [0.1, 0.15) is 124 Å². The van der Waals surface area contributed by atoms with Gasteiger partial charge in [-0.2, -0.15) is 0 Å². The number of hydrogen-bond acceptors (Lipinski definition) is 0. The highest BCUT2D eigenvalue weighted by molar-refractivity contribution is 6.18. The first-order valence-corrected chi connectivity index (χ1v) is 21.0. The van der Waals surface area contributed by atoms with E-state index in [0.29, 0.717) is 0 Å². The molecule has 2 aromatic heterocycles. The van der Waals surface area contributed by atoms with Gasteiger partial charge in [-0.15, -0.1) is 0 Å². The van der Waals surface area contributed by atoms with Gasteiger partial charge < -0.3 is 9.13 Å². The number of fused-ring (bicyclic) bond motifs is 6. The smallest absolute Gasteiger partial charge is 0.0496 e.